The number of Topliss-reactive ketones (excluding diaryl/α,β-unsaturated/α-hetero) is 1. The minimum atomic E-state index is -0.641. The van der Waals surface area contributed by atoms with Crippen molar-refractivity contribution in [3.8, 4) is 5.75 Å². The molecule has 1 amide bonds. The molecular formula is C23H24ClFN2O4. The quantitative estimate of drug-likeness (QED) is 0.424. The second-order valence-electron chi connectivity index (χ2n) is 7.89. The Kier molecular flexibility index (Phi) is 7.10. The topological polar surface area (TPSA) is 78.9 Å². The Balaban J connectivity index is 0.00000272. The molecule has 2 aromatic carbocycles. The molecule has 4 rings (SSSR count). The van der Waals surface area contributed by atoms with E-state index in [4.69, 9.17) is 9.94 Å². The summed E-state index contributed by atoms with van der Waals surface area (Å²) in [5.41, 5.74) is 3.17. The van der Waals surface area contributed by atoms with Crippen LogP contribution in [0.4, 0.5) is 4.39 Å². The number of hydrogen-bond donors (Lipinski definition) is 2. The minimum absolute atomic E-state index is 0. The molecule has 0 aromatic heterocycles. The Bertz CT molecular complexity index is 996. The van der Waals surface area contributed by atoms with Gasteiger partial charge in [0.15, 0.2) is 5.78 Å². The molecule has 2 aliphatic heterocycles. The molecule has 2 heterocycles. The Morgan fingerprint density at radius 1 is 1.26 bits per heavy atom. The molecule has 1 spiro atoms. The van der Waals surface area contributed by atoms with E-state index in [0.29, 0.717) is 36.4 Å². The van der Waals surface area contributed by atoms with Crippen molar-refractivity contribution in [3.63, 3.8) is 0 Å². The number of halogens is 2. The van der Waals surface area contributed by atoms with Crippen LogP contribution in [-0.4, -0.2) is 40.5 Å². The van der Waals surface area contributed by atoms with Crippen LogP contribution in [0.2, 0.25) is 0 Å². The molecule has 1 saturated heterocycles. The van der Waals surface area contributed by atoms with E-state index in [9.17, 15) is 14.0 Å². The summed E-state index contributed by atoms with van der Waals surface area (Å²) >= 11 is 0. The van der Waals surface area contributed by atoms with Crippen LogP contribution in [0.25, 0.3) is 6.08 Å². The van der Waals surface area contributed by atoms with Crippen LogP contribution in [-0.2, 0) is 11.3 Å². The average Bonchev–Trinajstić information content (AvgIpc) is 2.74. The average molecular weight is 447 g/mol. The molecule has 31 heavy (non-hydrogen) atoms. The lowest BCUT2D eigenvalue weighted by Crippen LogP contribution is -2.54. The fraction of sp³-hybridized carbons (Fsp3) is 0.304. The molecule has 0 radical (unpaired) electrons. The number of nitrogens with zero attached hydrogens (tertiary/aromatic N) is 1. The van der Waals surface area contributed by atoms with Crippen LogP contribution < -0.4 is 10.2 Å². The van der Waals surface area contributed by atoms with Crippen molar-refractivity contribution in [3.05, 3.63) is 71.0 Å². The van der Waals surface area contributed by atoms with Gasteiger partial charge in [-0.1, -0.05) is 18.2 Å². The molecule has 0 saturated carbocycles. The largest absolute Gasteiger partial charge is 0.485 e. The van der Waals surface area contributed by atoms with Crippen LogP contribution in [0.1, 0.15) is 40.7 Å². The highest BCUT2D eigenvalue weighted by Crippen LogP contribution is 2.39. The first kappa shape index (κ1) is 22.9. The number of nitrogens with one attached hydrogen (secondary N) is 1. The summed E-state index contributed by atoms with van der Waals surface area (Å²) in [6.07, 6.45) is 4.72. The molecule has 1 fully saturated rings. The summed E-state index contributed by atoms with van der Waals surface area (Å²) in [5, 5.41) is 8.57. The maximum Gasteiger partial charge on any atom is 0.267 e. The second-order valence-corrected chi connectivity index (χ2v) is 7.89. The number of fused-ring (bicyclic) bond motifs is 1. The molecule has 2 N–H and O–H groups in total. The van der Waals surface area contributed by atoms with E-state index in [1.165, 1.54) is 29.8 Å². The number of carbonyl (C=O) groups is 2. The number of ether oxygens (including phenoxy) is 1. The first-order chi connectivity index (χ1) is 14.5. The van der Waals surface area contributed by atoms with E-state index in [0.717, 1.165) is 24.9 Å². The number of hydrogen-bond acceptors (Lipinski definition) is 5. The van der Waals surface area contributed by atoms with Gasteiger partial charge < -0.3 is 4.74 Å². The van der Waals surface area contributed by atoms with Crippen LogP contribution in [0, 0.1) is 5.82 Å². The van der Waals surface area contributed by atoms with Gasteiger partial charge in [-0.05, 0) is 60.9 Å². The molecular weight excluding hydrogens is 423 g/mol. The molecule has 0 aliphatic carbocycles. The van der Waals surface area contributed by atoms with E-state index < -0.39 is 11.5 Å². The fourth-order valence-corrected chi connectivity index (χ4v) is 4.23. The number of rotatable bonds is 4. The van der Waals surface area contributed by atoms with Crippen molar-refractivity contribution in [2.24, 2.45) is 0 Å². The molecule has 1 unspecified atom stereocenters. The molecule has 0 bridgehead atoms. The van der Waals surface area contributed by atoms with E-state index in [1.807, 2.05) is 0 Å². The number of hydroxylamine groups is 1. The van der Waals surface area contributed by atoms with Gasteiger partial charge in [0.1, 0.15) is 17.2 Å². The van der Waals surface area contributed by atoms with Gasteiger partial charge in [0.05, 0.1) is 12.0 Å². The van der Waals surface area contributed by atoms with Crippen molar-refractivity contribution >= 4 is 30.2 Å². The predicted octanol–water partition coefficient (Wildman–Crippen LogP) is 3.77. The van der Waals surface area contributed by atoms with Gasteiger partial charge in [0, 0.05) is 19.2 Å². The summed E-state index contributed by atoms with van der Waals surface area (Å²) in [6, 6.07) is 11.7. The molecule has 2 aliphatic rings. The van der Waals surface area contributed by atoms with Gasteiger partial charge in [-0.2, -0.15) is 0 Å². The summed E-state index contributed by atoms with van der Waals surface area (Å²) in [5.74, 6) is -0.323. The lowest BCUT2D eigenvalue weighted by Gasteiger charge is -2.45. The monoisotopic (exact) mass is 446 g/mol. The van der Waals surface area contributed by atoms with E-state index in [1.54, 1.807) is 30.3 Å². The molecule has 1 atom stereocenters. The third-order valence-corrected chi connectivity index (χ3v) is 5.59. The zero-order chi connectivity index (χ0) is 21.1. The van der Waals surface area contributed by atoms with E-state index in [2.05, 4.69) is 4.90 Å². The van der Waals surface area contributed by atoms with Gasteiger partial charge in [0.25, 0.3) is 5.91 Å². The third-order valence-electron chi connectivity index (χ3n) is 5.59. The van der Waals surface area contributed by atoms with Crippen LogP contribution in [0.5, 0.6) is 5.75 Å². The van der Waals surface area contributed by atoms with Crippen LogP contribution in [0.15, 0.2) is 48.5 Å². The van der Waals surface area contributed by atoms with E-state index >= 15 is 0 Å². The number of carbonyl (C=O) groups excluding carboxylic acids is 2. The van der Waals surface area contributed by atoms with Crippen molar-refractivity contribution in [2.75, 3.05) is 13.1 Å². The minimum Gasteiger partial charge on any atom is -0.485 e. The number of ketones is 1. The Morgan fingerprint density at radius 3 is 2.77 bits per heavy atom. The first-order valence-corrected chi connectivity index (χ1v) is 9.92. The molecule has 164 valence electrons. The maximum atomic E-state index is 13.2. The third kappa shape index (κ3) is 5.31. The number of piperidine rings is 1. The first-order valence-electron chi connectivity index (χ1n) is 9.92. The normalized spacial score (nSPS) is 20.8. The standard InChI is InChI=1S/C23H23FN2O4.ClH/c24-18-6-2-17(3-7-18)14-26-11-1-10-23(15-26)13-20(27)19-12-16(4-8-21(19)30-23)5-9-22(28)25-29;/h2-9,12,29H,1,10-11,13-15H2,(H,25,28);1H. The lowest BCUT2D eigenvalue weighted by molar-refractivity contribution is -0.124. The lowest BCUT2D eigenvalue weighted by atomic mass is 9.83. The summed E-state index contributed by atoms with van der Waals surface area (Å²) in [4.78, 5) is 26.3. The fourth-order valence-electron chi connectivity index (χ4n) is 4.23. The highest BCUT2D eigenvalue weighted by molar-refractivity contribution is 6.01. The highest BCUT2D eigenvalue weighted by atomic mass is 35.5. The Hall–Kier alpha value is -2.74. The SMILES string of the molecule is Cl.O=C(C=Cc1ccc2c(c1)C(=O)CC1(CCCN(Cc3ccc(F)cc3)C1)O2)NO. The van der Waals surface area contributed by atoms with Crippen molar-refractivity contribution in [1.82, 2.24) is 10.4 Å². The van der Waals surface area contributed by atoms with Crippen molar-refractivity contribution in [1.29, 1.82) is 0 Å². The van der Waals surface area contributed by atoms with Gasteiger partial charge in [-0.25, -0.2) is 9.87 Å². The molecule has 6 nitrogen and oxygen atoms in total. The zero-order valence-corrected chi connectivity index (χ0v) is 17.7. The van der Waals surface area contributed by atoms with Gasteiger partial charge in [-0.15, -0.1) is 12.4 Å². The van der Waals surface area contributed by atoms with Crippen molar-refractivity contribution < 1.29 is 23.9 Å². The van der Waals surface area contributed by atoms with Crippen LogP contribution in [0.3, 0.4) is 0 Å². The van der Waals surface area contributed by atoms with Crippen LogP contribution >= 0.6 is 12.4 Å². The van der Waals surface area contributed by atoms with Gasteiger partial charge in [-0.3, -0.25) is 19.7 Å². The Morgan fingerprint density at radius 2 is 2.03 bits per heavy atom. The molecule has 8 heteroatoms. The summed E-state index contributed by atoms with van der Waals surface area (Å²) < 4.78 is 19.5. The zero-order valence-electron chi connectivity index (χ0n) is 16.8. The molecule has 2 aromatic rings. The Labute approximate surface area is 186 Å². The van der Waals surface area contributed by atoms with Gasteiger partial charge >= 0.3 is 0 Å². The maximum absolute atomic E-state index is 13.2. The van der Waals surface area contributed by atoms with Gasteiger partial charge in [0.2, 0.25) is 0 Å². The van der Waals surface area contributed by atoms with E-state index in [-0.39, 0.29) is 24.0 Å². The highest BCUT2D eigenvalue weighted by Gasteiger charge is 2.43. The second kappa shape index (κ2) is 9.60. The predicted molar refractivity (Wildman–Crippen MR) is 116 cm³/mol. The number of amides is 1. The van der Waals surface area contributed by atoms with Crippen molar-refractivity contribution in [2.45, 2.75) is 31.4 Å². The summed E-state index contributed by atoms with van der Waals surface area (Å²) in [7, 11) is 0. The number of benzene rings is 2. The summed E-state index contributed by atoms with van der Waals surface area (Å²) in [6.45, 7) is 2.22. The smallest absolute Gasteiger partial charge is 0.267 e. The number of likely N-dealkylation sites (tertiary alicyclic amines) is 1.